The van der Waals surface area contributed by atoms with Crippen molar-refractivity contribution in [3.8, 4) is 16.9 Å². The van der Waals surface area contributed by atoms with Gasteiger partial charge in [0.15, 0.2) is 0 Å². The Morgan fingerprint density at radius 2 is 1.75 bits per heavy atom. The lowest BCUT2D eigenvalue weighted by Gasteiger charge is -2.11. The largest absolute Gasteiger partial charge is 0.297 e. The Hall–Kier alpha value is -2.79. The number of aromatic nitrogens is 3. The molecule has 4 aromatic rings. The summed E-state index contributed by atoms with van der Waals surface area (Å²) in [5.74, 6) is 0. The summed E-state index contributed by atoms with van der Waals surface area (Å²) in [6, 6.07) is 20.9. The molecule has 0 saturated carbocycles. The maximum Gasteiger partial charge on any atom is 0.297 e. The zero-order chi connectivity index (χ0) is 16.5. The molecule has 0 fully saturated rings. The van der Waals surface area contributed by atoms with Crippen molar-refractivity contribution in [1.82, 2.24) is 14.8 Å². The highest BCUT2D eigenvalue weighted by atomic mass is 79.9. The molecule has 0 aliphatic rings. The highest BCUT2D eigenvalue weighted by Crippen LogP contribution is 2.26. The first kappa shape index (κ1) is 14.8. The van der Waals surface area contributed by atoms with E-state index in [-0.39, 0.29) is 5.56 Å². The third kappa shape index (κ3) is 2.53. The van der Waals surface area contributed by atoms with E-state index in [4.69, 9.17) is 0 Å². The maximum atomic E-state index is 12.8. The molecule has 4 nitrogen and oxygen atoms in total. The van der Waals surface area contributed by atoms with Gasteiger partial charge < -0.3 is 0 Å². The van der Waals surface area contributed by atoms with Crippen LogP contribution >= 0.6 is 15.9 Å². The summed E-state index contributed by atoms with van der Waals surface area (Å²) >= 11 is 3.49. The number of pyridine rings is 1. The van der Waals surface area contributed by atoms with Gasteiger partial charge in [-0.05, 0) is 36.4 Å². The highest BCUT2D eigenvalue weighted by molar-refractivity contribution is 9.10. The van der Waals surface area contributed by atoms with E-state index in [2.05, 4.69) is 26.0 Å². The molecule has 116 valence electrons. The van der Waals surface area contributed by atoms with E-state index in [1.165, 1.54) is 4.68 Å². The normalized spacial score (nSPS) is 10.9. The lowest BCUT2D eigenvalue weighted by molar-refractivity contribution is 0.823. The fourth-order valence-corrected chi connectivity index (χ4v) is 3.06. The van der Waals surface area contributed by atoms with Crippen LogP contribution in [0.25, 0.3) is 27.8 Å². The van der Waals surface area contributed by atoms with Crippen molar-refractivity contribution in [3.63, 3.8) is 0 Å². The fourth-order valence-electron chi connectivity index (χ4n) is 2.66. The van der Waals surface area contributed by atoms with Gasteiger partial charge in [0.2, 0.25) is 0 Å². The molecular weight excluding hydrogens is 366 g/mol. The molecule has 0 aliphatic heterocycles. The zero-order valence-electron chi connectivity index (χ0n) is 12.6. The van der Waals surface area contributed by atoms with Crippen molar-refractivity contribution in [1.29, 1.82) is 0 Å². The van der Waals surface area contributed by atoms with Gasteiger partial charge in [-0.1, -0.05) is 46.3 Å². The second-order valence-electron chi connectivity index (χ2n) is 5.31. The van der Waals surface area contributed by atoms with Crippen LogP contribution < -0.4 is 5.56 Å². The summed E-state index contributed by atoms with van der Waals surface area (Å²) in [6.07, 6.45) is 1.63. The summed E-state index contributed by atoms with van der Waals surface area (Å²) in [7, 11) is 0. The van der Waals surface area contributed by atoms with Gasteiger partial charge in [0.25, 0.3) is 5.56 Å². The third-order valence-electron chi connectivity index (χ3n) is 3.76. The van der Waals surface area contributed by atoms with E-state index in [1.54, 1.807) is 6.20 Å². The first-order valence-electron chi connectivity index (χ1n) is 7.43. The topological polar surface area (TPSA) is 47.8 Å². The summed E-state index contributed by atoms with van der Waals surface area (Å²) in [5.41, 5.74) is 2.54. The Labute approximate surface area is 146 Å². The molecule has 0 bridgehead atoms. The highest BCUT2D eigenvalue weighted by Gasteiger charge is 2.14. The van der Waals surface area contributed by atoms with E-state index in [1.807, 2.05) is 66.7 Å². The molecule has 2 heterocycles. The van der Waals surface area contributed by atoms with Crippen LogP contribution in [-0.2, 0) is 0 Å². The maximum absolute atomic E-state index is 12.8. The molecule has 0 radical (unpaired) electrons. The molecule has 2 aromatic heterocycles. The number of rotatable bonds is 2. The van der Waals surface area contributed by atoms with Gasteiger partial charge in [0.1, 0.15) is 11.2 Å². The number of fused-ring (bicyclic) bond motifs is 1. The third-order valence-corrected chi connectivity index (χ3v) is 4.25. The Kier molecular flexibility index (Phi) is 3.70. The Balaban J connectivity index is 2.10. The monoisotopic (exact) mass is 377 g/mol. The molecular formula is C19H12BrN3O. The summed E-state index contributed by atoms with van der Waals surface area (Å²) < 4.78 is 2.36. The standard InChI is InChI=1S/C19H12BrN3O/c20-14-7-4-6-13(12-14)17-16-10-5-11-21-18(16)19(24)23(22-17)15-8-2-1-3-9-15/h1-12H. The average molecular weight is 378 g/mol. The predicted molar refractivity (Wildman–Crippen MR) is 98.3 cm³/mol. The van der Waals surface area contributed by atoms with Gasteiger partial charge >= 0.3 is 0 Å². The Bertz CT molecular complexity index is 1090. The van der Waals surface area contributed by atoms with Crippen LogP contribution in [0.5, 0.6) is 0 Å². The van der Waals surface area contributed by atoms with Gasteiger partial charge in [-0.2, -0.15) is 9.78 Å². The quantitative estimate of drug-likeness (QED) is 0.525. The molecule has 0 amide bonds. The van der Waals surface area contributed by atoms with Crippen LogP contribution in [0.3, 0.4) is 0 Å². The fraction of sp³-hybridized carbons (Fsp3) is 0. The minimum Gasteiger partial charge on any atom is -0.265 e. The van der Waals surface area contributed by atoms with Crippen molar-refractivity contribution in [2.24, 2.45) is 0 Å². The van der Waals surface area contributed by atoms with Crippen LogP contribution in [0.2, 0.25) is 0 Å². The van der Waals surface area contributed by atoms with E-state index < -0.39 is 0 Å². The van der Waals surface area contributed by atoms with Crippen molar-refractivity contribution in [2.75, 3.05) is 0 Å². The number of hydrogen-bond acceptors (Lipinski definition) is 3. The molecule has 0 unspecified atom stereocenters. The lowest BCUT2D eigenvalue weighted by atomic mass is 10.1. The molecule has 5 heteroatoms. The van der Waals surface area contributed by atoms with Crippen molar-refractivity contribution >= 4 is 26.8 Å². The molecule has 24 heavy (non-hydrogen) atoms. The van der Waals surface area contributed by atoms with Gasteiger partial charge in [0, 0.05) is 21.6 Å². The second kappa shape index (κ2) is 6.02. The first-order valence-corrected chi connectivity index (χ1v) is 8.23. The summed E-state index contributed by atoms with van der Waals surface area (Å²) in [4.78, 5) is 17.1. The average Bonchev–Trinajstić information content (AvgIpc) is 2.63. The van der Waals surface area contributed by atoms with Crippen molar-refractivity contribution in [2.45, 2.75) is 0 Å². The minimum atomic E-state index is -0.226. The zero-order valence-corrected chi connectivity index (χ0v) is 14.1. The van der Waals surface area contributed by atoms with Gasteiger partial charge in [0.05, 0.1) is 5.69 Å². The molecule has 0 N–H and O–H groups in total. The van der Waals surface area contributed by atoms with Gasteiger partial charge in [-0.3, -0.25) is 9.78 Å². The van der Waals surface area contributed by atoms with Crippen LogP contribution in [0.4, 0.5) is 0 Å². The minimum absolute atomic E-state index is 0.226. The number of hydrogen-bond donors (Lipinski definition) is 0. The Morgan fingerprint density at radius 1 is 0.917 bits per heavy atom. The molecule has 0 saturated heterocycles. The smallest absolute Gasteiger partial charge is 0.265 e. The number of benzene rings is 2. The van der Waals surface area contributed by atoms with E-state index >= 15 is 0 Å². The van der Waals surface area contributed by atoms with E-state index in [0.29, 0.717) is 11.2 Å². The second-order valence-corrected chi connectivity index (χ2v) is 6.23. The van der Waals surface area contributed by atoms with E-state index in [0.717, 1.165) is 21.1 Å². The number of nitrogens with zero attached hydrogens (tertiary/aromatic N) is 3. The first-order chi connectivity index (χ1) is 11.7. The van der Waals surface area contributed by atoms with Crippen LogP contribution in [0.1, 0.15) is 0 Å². The van der Waals surface area contributed by atoms with Crippen molar-refractivity contribution < 1.29 is 0 Å². The summed E-state index contributed by atoms with van der Waals surface area (Å²) in [5, 5.41) is 5.37. The molecule has 4 rings (SSSR count). The molecule has 0 spiro atoms. The number of para-hydroxylation sites is 1. The molecule has 2 aromatic carbocycles. The molecule has 0 aliphatic carbocycles. The SMILES string of the molecule is O=c1c2ncccc2c(-c2cccc(Br)c2)nn1-c1ccccc1. The van der Waals surface area contributed by atoms with Gasteiger partial charge in [-0.15, -0.1) is 0 Å². The summed E-state index contributed by atoms with van der Waals surface area (Å²) in [6.45, 7) is 0. The molecule has 0 atom stereocenters. The van der Waals surface area contributed by atoms with Gasteiger partial charge in [-0.25, -0.2) is 0 Å². The van der Waals surface area contributed by atoms with E-state index in [9.17, 15) is 4.79 Å². The van der Waals surface area contributed by atoms with Crippen LogP contribution in [0, 0.1) is 0 Å². The lowest BCUT2D eigenvalue weighted by Crippen LogP contribution is -2.22. The predicted octanol–water partition coefficient (Wildman–Crippen LogP) is 4.21. The van der Waals surface area contributed by atoms with Crippen molar-refractivity contribution in [3.05, 3.63) is 87.8 Å². The van der Waals surface area contributed by atoms with Crippen LogP contribution in [0.15, 0.2) is 82.2 Å². The van der Waals surface area contributed by atoms with Crippen LogP contribution in [-0.4, -0.2) is 14.8 Å². The Morgan fingerprint density at radius 3 is 2.54 bits per heavy atom. The number of halogens is 1.